The van der Waals surface area contributed by atoms with Crippen molar-refractivity contribution in [3.05, 3.63) is 16.1 Å². The number of carbonyl (C=O) groups excluding carboxylic acids is 1. The molecule has 1 aromatic heterocycles. The molecule has 0 aliphatic carbocycles. The molecule has 1 aromatic rings. The zero-order valence-electron chi connectivity index (χ0n) is 17.9. The summed E-state index contributed by atoms with van der Waals surface area (Å²) in [5, 5.41) is 12.7. The lowest BCUT2D eigenvalue weighted by molar-refractivity contribution is 0.0523. The minimum Gasteiger partial charge on any atom is -0.444 e. The van der Waals surface area contributed by atoms with Crippen LogP contribution in [-0.2, 0) is 11.2 Å². The summed E-state index contributed by atoms with van der Waals surface area (Å²) >= 11 is 1.66. The first-order chi connectivity index (χ1) is 12.7. The number of nitrogens with one attached hydrogen (secondary N) is 3. The van der Waals surface area contributed by atoms with Gasteiger partial charge in [-0.15, -0.1) is 35.3 Å². The predicted molar refractivity (Wildman–Crippen MR) is 128 cm³/mol. The summed E-state index contributed by atoms with van der Waals surface area (Å²) in [5.41, 5.74) is 0.594. The molecule has 0 saturated carbocycles. The van der Waals surface area contributed by atoms with Crippen LogP contribution in [0.2, 0.25) is 0 Å². The monoisotopic (exact) mass is 525 g/mol. The molecule has 1 amide bonds. The second-order valence-corrected chi connectivity index (χ2v) is 8.54. The minimum absolute atomic E-state index is 0. The average Bonchev–Trinajstić information content (AvgIpc) is 2.99. The molecule has 1 unspecified atom stereocenters. The molecule has 7 nitrogen and oxygen atoms in total. The number of aryl methyl sites for hydroxylation is 1. The maximum absolute atomic E-state index is 11.9. The fourth-order valence-corrected chi connectivity index (χ4v) is 3.06. The van der Waals surface area contributed by atoms with E-state index in [1.807, 2.05) is 27.7 Å². The molecule has 0 saturated heterocycles. The lowest BCUT2D eigenvalue weighted by Crippen LogP contribution is -2.49. The van der Waals surface area contributed by atoms with Gasteiger partial charge in [0.15, 0.2) is 5.96 Å². The Kier molecular flexibility index (Phi) is 13.4. The van der Waals surface area contributed by atoms with E-state index in [1.165, 1.54) is 0 Å². The van der Waals surface area contributed by atoms with Gasteiger partial charge in [0.1, 0.15) is 5.60 Å². The molecule has 0 radical (unpaired) electrons. The number of hydrogen-bond acceptors (Lipinski definition) is 5. The van der Waals surface area contributed by atoms with Gasteiger partial charge in [-0.3, -0.25) is 4.99 Å². The number of ether oxygens (including phenoxy) is 1. The normalized spacial score (nSPS) is 12.7. The third kappa shape index (κ3) is 12.4. The number of thiazole rings is 1. The number of guanidine groups is 1. The second-order valence-electron chi connectivity index (χ2n) is 7.47. The molecule has 0 bridgehead atoms. The van der Waals surface area contributed by atoms with Crippen LogP contribution in [0.25, 0.3) is 0 Å². The van der Waals surface area contributed by atoms with Crippen LogP contribution < -0.4 is 16.0 Å². The lowest BCUT2D eigenvalue weighted by Gasteiger charge is -2.24. The molecule has 0 spiro atoms. The molecule has 1 atom stereocenters. The third-order valence-corrected chi connectivity index (χ3v) is 4.52. The molecule has 9 heteroatoms. The number of aromatic nitrogens is 1. The van der Waals surface area contributed by atoms with Crippen LogP contribution in [0.5, 0.6) is 0 Å². The van der Waals surface area contributed by atoms with Crippen LogP contribution in [0, 0.1) is 6.92 Å². The number of rotatable bonds is 9. The number of aliphatic imine (C=N–C) groups is 1. The Balaban J connectivity index is 0.00000729. The highest BCUT2D eigenvalue weighted by Gasteiger charge is 2.18. The Hall–Kier alpha value is -1.10. The number of nitrogens with zero attached hydrogens (tertiary/aromatic N) is 2. The van der Waals surface area contributed by atoms with Gasteiger partial charge >= 0.3 is 6.09 Å². The van der Waals surface area contributed by atoms with Gasteiger partial charge in [-0.05, 0) is 34.1 Å². The largest absolute Gasteiger partial charge is 0.444 e. The van der Waals surface area contributed by atoms with E-state index in [0.717, 1.165) is 48.9 Å². The van der Waals surface area contributed by atoms with E-state index in [4.69, 9.17) is 4.74 Å². The second kappa shape index (κ2) is 14.0. The number of unbranched alkanes of at least 4 members (excludes halogenated alkanes) is 1. The number of hydrogen-bond donors (Lipinski definition) is 3. The molecule has 3 N–H and O–H groups in total. The summed E-state index contributed by atoms with van der Waals surface area (Å²) in [6.45, 7) is 11.0. The molecule has 0 fully saturated rings. The number of halogens is 1. The van der Waals surface area contributed by atoms with Crippen molar-refractivity contribution in [1.29, 1.82) is 0 Å². The van der Waals surface area contributed by atoms with Crippen LogP contribution >= 0.6 is 35.3 Å². The van der Waals surface area contributed by atoms with E-state index in [0.29, 0.717) is 6.54 Å². The van der Waals surface area contributed by atoms with Crippen LogP contribution in [0.3, 0.4) is 0 Å². The molecule has 0 aliphatic rings. The van der Waals surface area contributed by atoms with Crippen LogP contribution in [0.15, 0.2) is 10.4 Å². The van der Waals surface area contributed by atoms with Crippen molar-refractivity contribution in [3.63, 3.8) is 0 Å². The summed E-state index contributed by atoms with van der Waals surface area (Å²) < 4.78 is 5.31. The van der Waals surface area contributed by atoms with E-state index in [-0.39, 0.29) is 30.0 Å². The van der Waals surface area contributed by atoms with Gasteiger partial charge in [0, 0.05) is 38.0 Å². The van der Waals surface area contributed by atoms with Crippen molar-refractivity contribution < 1.29 is 9.53 Å². The van der Waals surface area contributed by atoms with E-state index in [9.17, 15) is 4.79 Å². The Labute approximate surface area is 190 Å². The van der Waals surface area contributed by atoms with Crippen molar-refractivity contribution in [2.75, 3.05) is 20.1 Å². The summed E-state index contributed by atoms with van der Waals surface area (Å²) in [6.07, 6.45) is 3.56. The zero-order valence-corrected chi connectivity index (χ0v) is 21.1. The predicted octanol–water partition coefficient (Wildman–Crippen LogP) is 3.86. The standard InChI is InChI=1S/C19H35N5O2S.HI/c1-7-8-9-15(12-22-18(25)26-19(3,4)5)24-17(20-6)21-11-10-16-13-27-14(2)23-16;/h13,15H,7-12H2,1-6H3,(H,22,25)(H2,20,21,24);1H. The van der Waals surface area contributed by atoms with Crippen molar-refractivity contribution >= 4 is 47.4 Å². The van der Waals surface area contributed by atoms with Crippen LogP contribution in [0.1, 0.15) is 57.7 Å². The van der Waals surface area contributed by atoms with Crippen molar-refractivity contribution in [2.24, 2.45) is 4.99 Å². The van der Waals surface area contributed by atoms with Gasteiger partial charge in [-0.25, -0.2) is 9.78 Å². The fraction of sp³-hybridized carbons (Fsp3) is 0.737. The first-order valence-corrected chi connectivity index (χ1v) is 10.5. The molecule has 0 aromatic carbocycles. The van der Waals surface area contributed by atoms with Gasteiger partial charge < -0.3 is 20.7 Å². The highest BCUT2D eigenvalue weighted by atomic mass is 127. The van der Waals surface area contributed by atoms with Crippen molar-refractivity contribution in [1.82, 2.24) is 20.9 Å². The van der Waals surface area contributed by atoms with Gasteiger partial charge in [-0.2, -0.15) is 0 Å². The highest BCUT2D eigenvalue weighted by molar-refractivity contribution is 14.0. The van der Waals surface area contributed by atoms with E-state index < -0.39 is 11.7 Å². The molecule has 162 valence electrons. The third-order valence-electron chi connectivity index (χ3n) is 3.70. The Bertz CT molecular complexity index is 601. The van der Waals surface area contributed by atoms with Gasteiger partial charge in [0.2, 0.25) is 0 Å². The van der Waals surface area contributed by atoms with Crippen molar-refractivity contribution in [2.45, 2.75) is 71.9 Å². The smallest absolute Gasteiger partial charge is 0.407 e. The van der Waals surface area contributed by atoms with Gasteiger partial charge in [-0.1, -0.05) is 19.8 Å². The first-order valence-electron chi connectivity index (χ1n) is 9.58. The summed E-state index contributed by atoms with van der Waals surface area (Å²) in [4.78, 5) is 20.7. The lowest BCUT2D eigenvalue weighted by atomic mass is 10.1. The SMILES string of the molecule is CCCCC(CNC(=O)OC(C)(C)C)NC(=NC)NCCc1csc(C)n1.I. The van der Waals surface area contributed by atoms with Gasteiger partial charge in [0.25, 0.3) is 0 Å². The topological polar surface area (TPSA) is 87.6 Å². The highest BCUT2D eigenvalue weighted by Crippen LogP contribution is 2.08. The zero-order chi connectivity index (χ0) is 20.3. The maximum Gasteiger partial charge on any atom is 0.407 e. The summed E-state index contributed by atoms with van der Waals surface area (Å²) in [7, 11) is 1.75. The molecule has 0 aliphatic heterocycles. The number of carbonyl (C=O) groups is 1. The van der Waals surface area contributed by atoms with E-state index >= 15 is 0 Å². The Morgan fingerprint density at radius 2 is 2.07 bits per heavy atom. The molecular weight excluding hydrogens is 489 g/mol. The minimum atomic E-state index is -0.498. The fourth-order valence-electron chi connectivity index (χ4n) is 2.42. The summed E-state index contributed by atoms with van der Waals surface area (Å²) in [5.74, 6) is 0.731. The quantitative estimate of drug-likeness (QED) is 0.259. The first kappa shape index (κ1) is 26.9. The van der Waals surface area contributed by atoms with E-state index in [1.54, 1.807) is 18.4 Å². The van der Waals surface area contributed by atoms with Crippen LogP contribution in [0.4, 0.5) is 4.79 Å². The average molecular weight is 526 g/mol. The van der Waals surface area contributed by atoms with Gasteiger partial charge in [0.05, 0.1) is 10.7 Å². The molecular formula is C19H36IN5O2S. The Morgan fingerprint density at radius 1 is 1.36 bits per heavy atom. The Morgan fingerprint density at radius 3 is 2.61 bits per heavy atom. The number of alkyl carbamates (subject to hydrolysis) is 1. The molecule has 28 heavy (non-hydrogen) atoms. The number of amides is 1. The van der Waals surface area contributed by atoms with E-state index in [2.05, 4.69) is 38.2 Å². The van der Waals surface area contributed by atoms with Crippen LogP contribution in [-0.4, -0.2) is 48.8 Å². The van der Waals surface area contributed by atoms with Crippen molar-refractivity contribution in [3.8, 4) is 0 Å². The molecule has 1 rings (SSSR count). The summed E-state index contributed by atoms with van der Waals surface area (Å²) in [6, 6.07) is 0.0881. The molecule has 1 heterocycles. The maximum atomic E-state index is 11.9.